The van der Waals surface area contributed by atoms with Crippen LogP contribution in [-0.4, -0.2) is 36.7 Å². The summed E-state index contributed by atoms with van der Waals surface area (Å²) in [5.41, 5.74) is 5.15. The monoisotopic (exact) mass is 217 g/mol. The predicted molar refractivity (Wildman–Crippen MR) is 56.8 cm³/mol. The first-order valence-corrected chi connectivity index (χ1v) is 5.01. The molecule has 1 amide bonds. The van der Waals surface area contributed by atoms with Gasteiger partial charge in [-0.2, -0.15) is 0 Å². The molecule has 0 fully saturated rings. The largest absolute Gasteiger partial charge is 0.409 e. The number of oxime groups is 1. The lowest BCUT2D eigenvalue weighted by Crippen LogP contribution is -2.31. The van der Waals surface area contributed by atoms with E-state index in [9.17, 15) is 4.79 Å². The molecule has 0 radical (unpaired) electrons. The number of amides is 1. The predicted octanol–water partition coefficient (Wildman–Crippen LogP) is 0.0558. The van der Waals surface area contributed by atoms with Crippen molar-refractivity contribution < 1.29 is 14.7 Å². The number of amidine groups is 1. The molecule has 6 nitrogen and oxygen atoms in total. The van der Waals surface area contributed by atoms with Crippen molar-refractivity contribution in [1.82, 2.24) is 5.32 Å². The number of nitrogens with two attached hydrogens (primary N) is 1. The van der Waals surface area contributed by atoms with Gasteiger partial charge in [-0.1, -0.05) is 18.5 Å². The molecule has 0 saturated heterocycles. The van der Waals surface area contributed by atoms with Crippen molar-refractivity contribution in [2.24, 2.45) is 10.9 Å². The maximum atomic E-state index is 11.1. The van der Waals surface area contributed by atoms with E-state index in [1.54, 1.807) is 0 Å². The Labute approximate surface area is 89.5 Å². The van der Waals surface area contributed by atoms with Crippen molar-refractivity contribution >= 4 is 11.7 Å². The molecule has 0 aromatic rings. The Morgan fingerprint density at radius 1 is 1.53 bits per heavy atom. The molecule has 0 heterocycles. The Morgan fingerprint density at radius 2 is 2.27 bits per heavy atom. The second kappa shape index (κ2) is 9.26. The second-order valence-corrected chi connectivity index (χ2v) is 3.08. The van der Waals surface area contributed by atoms with Crippen LogP contribution in [0, 0.1) is 0 Å². The fourth-order valence-corrected chi connectivity index (χ4v) is 0.873. The maximum Gasteiger partial charge on any atom is 0.227 e. The summed E-state index contributed by atoms with van der Waals surface area (Å²) in [5.74, 6) is -0.371. The minimum atomic E-state index is -0.274. The van der Waals surface area contributed by atoms with E-state index in [1.165, 1.54) is 0 Å². The molecule has 88 valence electrons. The van der Waals surface area contributed by atoms with E-state index in [1.807, 2.05) is 0 Å². The number of carbonyl (C=O) groups is 1. The first-order chi connectivity index (χ1) is 7.20. The highest BCUT2D eigenvalue weighted by atomic mass is 16.5. The van der Waals surface area contributed by atoms with Crippen LogP contribution >= 0.6 is 0 Å². The summed E-state index contributed by atoms with van der Waals surface area (Å²) in [6.45, 7) is 3.73. The smallest absolute Gasteiger partial charge is 0.227 e. The highest BCUT2D eigenvalue weighted by Gasteiger charge is 2.03. The molecule has 15 heavy (non-hydrogen) atoms. The molecular formula is C9H19N3O3. The topological polar surface area (TPSA) is 96.9 Å². The Bertz CT molecular complexity index is 207. The zero-order valence-corrected chi connectivity index (χ0v) is 9.03. The molecule has 0 atom stereocenters. The minimum absolute atomic E-state index is 0.0918. The number of nitrogens with zero attached hydrogens (tertiary/aromatic N) is 1. The van der Waals surface area contributed by atoms with Gasteiger partial charge >= 0.3 is 0 Å². The van der Waals surface area contributed by atoms with Crippen LogP contribution in [0.3, 0.4) is 0 Å². The van der Waals surface area contributed by atoms with Crippen molar-refractivity contribution in [3.63, 3.8) is 0 Å². The first-order valence-electron chi connectivity index (χ1n) is 5.01. The lowest BCUT2D eigenvalue weighted by atomic mass is 10.3. The quantitative estimate of drug-likeness (QED) is 0.176. The number of nitrogens with one attached hydrogen (secondary N) is 1. The molecule has 0 aliphatic carbocycles. The van der Waals surface area contributed by atoms with Gasteiger partial charge in [0.15, 0.2) is 0 Å². The molecule has 4 N–H and O–H groups in total. The maximum absolute atomic E-state index is 11.1. The molecule has 0 aliphatic heterocycles. The molecule has 6 heteroatoms. The molecule has 0 bridgehead atoms. The fourth-order valence-electron chi connectivity index (χ4n) is 0.873. The van der Waals surface area contributed by atoms with E-state index in [4.69, 9.17) is 15.7 Å². The van der Waals surface area contributed by atoms with E-state index in [-0.39, 0.29) is 18.2 Å². The lowest BCUT2D eigenvalue weighted by Gasteiger charge is -2.05. The van der Waals surface area contributed by atoms with Gasteiger partial charge in [-0.25, -0.2) is 0 Å². The summed E-state index contributed by atoms with van der Waals surface area (Å²) in [6.07, 6.45) is 2.03. The fraction of sp³-hybridized carbons (Fsp3) is 0.778. The number of rotatable bonds is 8. The first kappa shape index (κ1) is 13.7. The normalized spacial score (nSPS) is 11.4. The van der Waals surface area contributed by atoms with Gasteiger partial charge in [0.25, 0.3) is 0 Å². The molecule has 0 saturated carbocycles. The average Bonchev–Trinajstić information content (AvgIpc) is 2.23. The van der Waals surface area contributed by atoms with E-state index < -0.39 is 0 Å². The van der Waals surface area contributed by atoms with Crippen LogP contribution in [0.15, 0.2) is 5.16 Å². The van der Waals surface area contributed by atoms with Gasteiger partial charge in [0.05, 0.1) is 13.0 Å². The Balaban J connectivity index is 3.32. The van der Waals surface area contributed by atoms with Crippen LogP contribution in [0.4, 0.5) is 0 Å². The lowest BCUT2D eigenvalue weighted by molar-refractivity contribution is -0.120. The van der Waals surface area contributed by atoms with Crippen molar-refractivity contribution in [3.05, 3.63) is 0 Å². The van der Waals surface area contributed by atoms with Gasteiger partial charge in [-0.15, -0.1) is 0 Å². The summed E-state index contributed by atoms with van der Waals surface area (Å²) in [5, 5.41) is 13.5. The number of hydrogen-bond donors (Lipinski definition) is 3. The van der Waals surface area contributed by atoms with Crippen LogP contribution in [0.5, 0.6) is 0 Å². The van der Waals surface area contributed by atoms with Crippen molar-refractivity contribution in [1.29, 1.82) is 0 Å². The van der Waals surface area contributed by atoms with Gasteiger partial charge in [-0.3, -0.25) is 4.79 Å². The average molecular weight is 217 g/mol. The summed E-state index contributed by atoms with van der Waals surface area (Å²) in [4.78, 5) is 11.1. The van der Waals surface area contributed by atoms with Crippen LogP contribution in [-0.2, 0) is 9.53 Å². The van der Waals surface area contributed by atoms with Gasteiger partial charge in [0, 0.05) is 13.2 Å². The van der Waals surface area contributed by atoms with Crippen molar-refractivity contribution in [2.75, 3.05) is 19.8 Å². The Morgan fingerprint density at radius 3 is 2.87 bits per heavy atom. The summed E-state index contributed by atoms with van der Waals surface area (Å²) in [6, 6.07) is 0. The zero-order chi connectivity index (χ0) is 11.5. The van der Waals surface area contributed by atoms with Crippen LogP contribution < -0.4 is 11.1 Å². The molecule has 0 aromatic heterocycles. The van der Waals surface area contributed by atoms with E-state index in [0.717, 1.165) is 12.8 Å². The van der Waals surface area contributed by atoms with Crippen molar-refractivity contribution in [3.8, 4) is 0 Å². The zero-order valence-electron chi connectivity index (χ0n) is 9.03. The van der Waals surface area contributed by atoms with E-state index >= 15 is 0 Å². The molecule has 0 aliphatic rings. The van der Waals surface area contributed by atoms with Gasteiger partial charge in [0.1, 0.15) is 5.84 Å². The minimum Gasteiger partial charge on any atom is -0.409 e. The molecule has 0 aromatic carbocycles. The van der Waals surface area contributed by atoms with Gasteiger partial charge < -0.3 is 21.0 Å². The van der Waals surface area contributed by atoms with Gasteiger partial charge in [0.2, 0.25) is 5.91 Å². The highest BCUT2D eigenvalue weighted by molar-refractivity contribution is 5.98. The van der Waals surface area contributed by atoms with Crippen LogP contribution in [0.1, 0.15) is 26.2 Å². The molecule has 0 spiro atoms. The Hall–Kier alpha value is -1.30. The Kier molecular flexibility index (Phi) is 8.46. The summed E-state index contributed by atoms with van der Waals surface area (Å²) >= 11 is 0. The van der Waals surface area contributed by atoms with Crippen LogP contribution in [0.25, 0.3) is 0 Å². The SMILES string of the molecule is CCCCOCCNC(=O)CC(N)=NO. The van der Waals surface area contributed by atoms with E-state index in [2.05, 4.69) is 17.4 Å². The highest BCUT2D eigenvalue weighted by Crippen LogP contribution is 1.87. The second-order valence-electron chi connectivity index (χ2n) is 3.08. The third-order valence-electron chi connectivity index (χ3n) is 1.68. The number of carbonyl (C=O) groups excluding carboxylic acids is 1. The van der Waals surface area contributed by atoms with Crippen LogP contribution in [0.2, 0.25) is 0 Å². The third-order valence-corrected chi connectivity index (χ3v) is 1.68. The summed E-state index contributed by atoms with van der Waals surface area (Å²) < 4.78 is 5.23. The van der Waals surface area contributed by atoms with Crippen molar-refractivity contribution in [2.45, 2.75) is 26.2 Å². The third kappa shape index (κ3) is 9.01. The summed E-state index contributed by atoms with van der Waals surface area (Å²) in [7, 11) is 0. The molecule has 0 unspecified atom stereocenters. The molecule has 0 rings (SSSR count). The number of hydrogen-bond acceptors (Lipinski definition) is 4. The standard InChI is InChI=1S/C9H19N3O3/c1-2-3-5-15-6-4-11-9(13)7-8(10)12-14/h14H,2-7H2,1H3,(H2,10,12)(H,11,13). The number of ether oxygens (including phenoxy) is 1. The molecular weight excluding hydrogens is 198 g/mol. The van der Waals surface area contributed by atoms with Gasteiger partial charge in [-0.05, 0) is 6.42 Å². The van der Waals surface area contributed by atoms with E-state index in [0.29, 0.717) is 19.8 Å². The number of unbranched alkanes of at least 4 members (excludes halogenated alkanes) is 1.